The first kappa shape index (κ1) is 15.9. The van der Waals surface area contributed by atoms with Crippen LogP contribution in [0.5, 0.6) is 5.75 Å². The van der Waals surface area contributed by atoms with Crippen LogP contribution in [0.15, 0.2) is 24.3 Å². The van der Waals surface area contributed by atoms with Gasteiger partial charge in [-0.05, 0) is 44.7 Å². The van der Waals surface area contributed by atoms with Gasteiger partial charge in [0.25, 0.3) is 5.91 Å². The van der Waals surface area contributed by atoms with Crippen LogP contribution < -0.4 is 10.5 Å². The molecule has 1 saturated heterocycles. The molecule has 25 heavy (non-hydrogen) atoms. The lowest BCUT2D eigenvalue weighted by Gasteiger charge is -2.39. The van der Waals surface area contributed by atoms with Crippen molar-refractivity contribution in [1.82, 2.24) is 14.9 Å². The van der Waals surface area contributed by atoms with E-state index < -0.39 is 0 Å². The van der Waals surface area contributed by atoms with E-state index in [9.17, 15) is 4.79 Å². The fourth-order valence-electron chi connectivity index (χ4n) is 3.43. The van der Waals surface area contributed by atoms with Gasteiger partial charge in [-0.1, -0.05) is 17.7 Å². The summed E-state index contributed by atoms with van der Waals surface area (Å²) in [6.07, 6.45) is 3.92. The van der Waals surface area contributed by atoms with Gasteiger partial charge in [0.1, 0.15) is 17.5 Å². The minimum atomic E-state index is -0.0593. The maximum absolute atomic E-state index is 12.8. The van der Waals surface area contributed by atoms with Crippen molar-refractivity contribution in [1.29, 1.82) is 0 Å². The molecule has 0 radical (unpaired) electrons. The van der Waals surface area contributed by atoms with Gasteiger partial charge in [-0.2, -0.15) is 0 Å². The van der Waals surface area contributed by atoms with Gasteiger partial charge in [0.15, 0.2) is 0 Å². The highest BCUT2D eigenvalue weighted by atomic mass is 16.5. The number of rotatable bonds is 3. The number of amides is 1. The second kappa shape index (κ2) is 6.35. The zero-order valence-corrected chi connectivity index (χ0v) is 14.4. The number of aromatic nitrogens is 2. The van der Waals surface area contributed by atoms with Crippen molar-refractivity contribution in [3.63, 3.8) is 0 Å². The number of aryl methyl sites for hydroxylation is 2. The SMILES string of the molecule is Cc1ccc(OC2CN(C(=O)c3nc(N)nc4c3CCCC4)C2)cc1. The number of likely N-dealkylation sites (tertiary alicyclic amines) is 1. The van der Waals surface area contributed by atoms with Crippen LogP contribution in [0, 0.1) is 6.92 Å². The van der Waals surface area contributed by atoms with E-state index in [-0.39, 0.29) is 18.0 Å². The van der Waals surface area contributed by atoms with Gasteiger partial charge in [-0.3, -0.25) is 4.79 Å². The molecule has 2 heterocycles. The van der Waals surface area contributed by atoms with E-state index in [1.165, 1.54) is 5.56 Å². The number of carbonyl (C=O) groups is 1. The molecule has 2 aliphatic rings. The molecule has 0 atom stereocenters. The minimum absolute atomic E-state index is 0.0293. The maximum atomic E-state index is 12.8. The van der Waals surface area contributed by atoms with Crippen LogP contribution in [0.2, 0.25) is 0 Å². The van der Waals surface area contributed by atoms with Crippen LogP contribution in [-0.4, -0.2) is 40.0 Å². The van der Waals surface area contributed by atoms with Crippen molar-refractivity contribution < 1.29 is 9.53 Å². The molecule has 0 saturated carbocycles. The molecule has 1 aromatic carbocycles. The Balaban J connectivity index is 1.43. The number of nitrogens with zero attached hydrogens (tertiary/aromatic N) is 3. The number of benzene rings is 1. The van der Waals surface area contributed by atoms with Crippen LogP contribution in [-0.2, 0) is 12.8 Å². The van der Waals surface area contributed by atoms with E-state index in [1.54, 1.807) is 4.90 Å². The Morgan fingerprint density at radius 3 is 2.64 bits per heavy atom. The van der Waals surface area contributed by atoms with E-state index in [0.717, 1.165) is 42.7 Å². The Kier molecular flexibility index (Phi) is 4.03. The van der Waals surface area contributed by atoms with E-state index in [1.807, 2.05) is 31.2 Å². The number of nitrogens with two attached hydrogens (primary N) is 1. The highest BCUT2D eigenvalue weighted by Gasteiger charge is 2.35. The molecule has 6 heteroatoms. The number of nitrogen functional groups attached to an aromatic ring is 1. The third-order valence-corrected chi connectivity index (χ3v) is 4.86. The average molecular weight is 338 g/mol. The molecular formula is C19H22N4O2. The maximum Gasteiger partial charge on any atom is 0.273 e. The molecule has 1 fully saturated rings. The van der Waals surface area contributed by atoms with Crippen LogP contribution >= 0.6 is 0 Å². The highest BCUT2D eigenvalue weighted by molar-refractivity contribution is 5.95. The number of fused-ring (bicyclic) bond motifs is 1. The average Bonchev–Trinajstić information content (AvgIpc) is 2.58. The van der Waals surface area contributed by atoms with Gasteiger partial charge in [0, 0.05) is 11.3 Å². The number of ether oxygens (including phenoxy) is 1. The minimum Gasteiger partial charge on any atom is -0.487 e. The highest BCUT2D eigenvalue weighted by Crippen LogP contribution is 2.26. The van der Waals surface area contributed by atoms with E-state index in [4.69, 9.17) is 10.5 Å². The second-order valence-corrected chi connectivity index (χ2v) is 6.83. The topological polar surface area (TPSA) is 81.3 Å². The lowest BCUT2D eigenvalue weighted by molar-refractivity contribution is 0.0172. The van der Waals surface area contributed by atoms with Crippen molar-refractivity contribution in [2.24, 2.45) is 0 Å². The Hall–Kier alpha value is -2.63. The third-order valence-electron chi connectivity index (χ3n) is 4.86. The van der Waals surface area contributed by atoms with Crippen molar-refractivity contribution in [2.45, 2.75) is 38.7 Å². The summed E-state index contributed by atoms with van der Waals surface area (Å²) in [5.74, 6) is 0.972. The number of hydrogen-bond acceptors (Lipinski definition) is 5. The Labute approximate surface area is 147 Å². The van der Waals surface area contributed by atoms with Crippen molar-refractivity contribution in [3.05, 3.63) is 46.8 Å². The molecule has 1 aliphatic heterocycles. The van der Waals surface area contributed by atoms with Crippen molar-refractivity contribution in [3.8, 4) is 5.75 Å². The smallest absolute Gasteiger partial charge is 0.273 e. The van der Waals surface area contributed by atoms with Gasteiger partial charge in [0.05, 0.1) is 13.1 Å². The molecule has 2 N–H and O–H groups in total. The largest absolute Gasteiger partial charge is 0.487 e. The second-order valence-electron chi connectivity index (χ2n) is 6.83. The molecule has 2 aromatic rings. The van der Waals surface area contributed by atoms with Crippen LogP contribution in [0.4, 0.5) is 5.95 Å². The molecule has 6 nitrogen and oxygen atoms in total. The summed E-state index contributed by atoms with van der Waals surface area (Å²) >= 11 is 0. The third kappa shape index (κ3) is 3.16. The van der Waals surface area contributed by atoms with Crippen molar-refractivity contribution in [2.75, 3.05) is 18.8 Å². The zero-order valence-electron chi connectivity index (χ0n) is 14.4. The normalized spacial score (nSPS) is 16.9. The quantitative estimate of drug-likeness (QED) is 0.927. The van der Waals surface area contributed by atoms with Crippen LogP contribution in [0.3, 0.4) is 0 Å². The fourth-order valence-corrected chi connectivity index (χ4v) is 3.43. The van der Waals surface area contributed by atoms with Gasteiger partial charge in [-0.25, -0.2) is 9.97 Å². The zero-order chi connectivity index (χ0) is 17.4. The molecular weight excluding hydrogens is 316 g/mol. The van der Waals surface area contributed by atoms with Gasteiger partial charge < -0.3 is 15.4 Å². The van der Waals surface area contributed by atoms with Gasteiger partial charge in [0.2, 0.25) is 5.95 Å². The fraction of sp³-hybridized carbons (Fsp3) is 0.421. The lowest BCUT2D eigenvalue weighted by Crippen LogP contribution is -2.56. The first-order chi connectivity index (χ1) is 12.1. The van der Waals surface area contributed by atoms with Crippen LogP contribution in [0.1, 0.15) is 40.2 Å². The molecule has 1 amide bonds. The number of carbonyl (C=O) groups excluding carboxylic acids is 1. The molecule has 4 rings (SSSR count). The molecule has 130 valence electrons. The summed E-state index contributed by atoms with van der Waals surface area (Å²) in [5.41, 5.74) is 9.40. The Bertz CT molecular complexity index is 798. The summed E-state index contributed by atoms with van der Waals surface area (Å²) in [5, 5.41) is 0. The van der Waals surface area contributed by atoms with E-state index in [2.05, 4.69) is 9.97 Å². The summed E-state index contributed by atoms with van der Waals surface area (Å²) in [4.78, 5) is 23.1. The first-order valence-corrected chi connectivity index (χ1v) is 8.78. The van der Waals surface area contributed by atoms with Gasteiger partial charge >= 0.3 is 0 Å². The molecule has 1 aromatic heterocycles. The number of hydrogen-bond donors (Lipinski definition) is 1. The molecule has 0 bridgehead atoms. The van der Waals surface area contributed by atoms with E-state index >= 15 is 0 Å². The molecule has 0 spiro atoms. The molecule has 1 aliphatic carbocycles. The molecule has 0 unspecified atom stereocenters. The summed E-state index contributed by atoms with van der Waals surface area (Å²) < 4.78 is 5.91. The van der Waals surface area contributed by atoms with Gasteiger partial charge in [-0.15, -0.1) is 0 Å². The van der Waals surface area contributed by atoms with Crippen molar-refractivity contribution >= 4 is 11.9 Å². The predicted molar refractivity (Wildman–Crippen MR) is 94.6 cm³/mol. The summed E-state index contributed by atoms with van der Waals surface area (Å²) in [6, 6.07) is 7.96. The monoisotopic (exact) mass is 338 g/mol. The Morgan fingerprint density at radius 1 is 1.16 bits per heavy atom. The van der Waals surface area contributed by atoms with E-state index in [0.29, 0.717) is 18.8 Å². The first-order valence-electron chi connectivity index (χ1n) is 8.78. The number of anilines is 1. The lowest BCUT2D eigenvalue weighted by atomic mass is 9.94. The summed E-state index contributed by atoms with van der Waals surface area (Å²) in [6.45, 7) is 3.19. The Morgan fingerprint density at radius 2 is 1.88 bits per heavy atom. The summed E-state index contributed by atoms with van der Waals surface area (Å²) in [7, 11) is 0. The standard InChI is InChI=1S/C19H22N4O2/c1-12-6-8-13(9-7-12)25-14-10-23(11-14)18(24)17-15-4-2-3-5-16(15)21-19(20)22-17/h6-9,14H,2-5,10-11H2,1H3,(H2,20,21,22). The van der Waals surface area contributed by atoms with Crippen LogP contribution in [0.25, 0.3) is 0 Å². The predicted octanol–water partition coefficient (Wildman–Crippen LogP) is 2.15.